The van der Waals surface area contributed by atoms with Crippen LogP contribution in [0, 0.1) is 0 Å². The predicted octanol–water partition coefficient (Wildman–Crippen LogP) is 5.60. The summed E-state index contributed by atoms with van der Waals surface area (Å²) in [4.78, 5) is 18.0. The Labute approximate surface area is 179 Å². The van der Waals surface area contributed by atoms with Crippen LogP contribution in [0.4, 0.5) is 13.2 Å². The molecule has 1 aromatic heterocycles. The molecule has 0 saturated carbocycles. The molecule has 1 saturated heterocycles. The summed E-state index contributed by atoms with van der Waals surface area (Å²) < 4.78 is 48.6. The summed E-state index contributed by atoms with van der Waals surface area (Å²) in [6.45, 7) is -0.735. The lowest BCUT2D eigenvalue weighted by Gasteiger charge is -2.17. The van der Waals surface area contributed by atoms with Crippen LogP contribution in [0.2, 0.25) is 10.0 Å². The Morgan fingerprint density at radius 3 is 2.63 bits per heavy atom. The third kappa shape index (κ3) is 4.88. The van der Waals surface area contributed by atoms with Crippen molar-refractivity contribution in [2.24, 2.45) is 0 Å². The number of fused-ring (bicyclic) bond motifs is 1. The number of halogens is 5. The minimum Gasteiger partial charge on any atom is -0.457 e. The zero-order valence-corrected chi connectivity index (χ0v) is 16.9. The van der Waals surface area contributed by atoms with E-state index in [9.17, 15) is 18.0 Å². The summed E-state index contributed by atoms with van der Waals surface area (Å²) in [6.07, 6.45) is -4.51. The number of benzene rings is 2. The number of carbonyl (C=O) groups is 1. The average molecular weight is 459 g/mol. The number of hydrogen-bond acceptors (Lipinski definition) is 5. The molecule has 3 aromatic rings. The van der Waals surface area contributed by atoms with E-state index in [0.29, 0.717) is 39.0 Å². The van der Waals surface area contributed by atoms with Crippen molar-refractivity contribution in [2.45, 2.75) is 18.7 Å². The first-order valence-electron chi connectivity index (χ1n) is 9.03. The molecule has 5 nitrogen and oxygen atoms in total. The second kappa shape index (κ2) is 8.09. The largest absolute Gasteiger partial charge is 0.457 e. The van der Waals surface area contributed by atoms with Gasteiger partial charge in [0.2, 0.25) is 5.89 Å². The van der Waals surface area contributed by atoms with Gasteiger partial charge in [-0.2, -0.15) is 13.2 Å². The van der Waals surface area contributed by atoms with Gasteiger partial charge in [-0.05, 0) is 42.8 Å². The molecule has 30 heavy (non-hydrogen) atoms. The van der Waals surface area contributed by atoms with Gasteiger partial charge in [0.1, 0.15) is 11.6 Å². The van der Waals surface area contributed by atoms with E-state index in [2.05, 4.69) is 4.98 Å². The summed E-state index contributed by atoms with van der Waals surface area (Å²) >= 11 is 12.0. The highest BCUT2D eigenvalue weighted by Gasteiger charge is 2.35. The number of rotatable bonds is 4. The molecule has 1 fully saturated rings. The van der Waals surface area contributed by atoms with E-state index in [1.807, 2.05) is 0 Å². The minimum atomic E-state index is -4.28. The van der Waals surface area contributed by atoms with E-state index in [-0.39, 0.29) is 18.7 Å². The first-order chi connectivity index (χ1) is 14.2. The summed E-state index contributed by atoms with van der Waals surface area (Å²) in [7, 11) is 0. The normalized spacial score (nSPS) is 17.6. The zero-order chi connectivity index (χ0) is 21.5. The van der Waals surface area contributed by atoms with Crippen LogP contribution in [-0.4, -0.2) is 47.8 Å². The van der Waals surface area contributed by atoms with Crippen LogP contribution in [0.25, 0.3) is 22.6 Å². The van der Waals surface area contributed by atoms with Crippen LogP contribution < -0.4 is 0 Å². The highest BCUT2D eigenvalue weighted by Crippen LogP contribution is 2.30. The molecule has 0 spiro atoms. The van der Waals surface area contributed by atoms with E-state index in [4.69, 9.17) is 32.4 Å². The average Bonchev–Trinajstić information content (AvgIpc) is 3.25. The van der Waals surface area contributed by atoms with Crippen molar-refractivity contribution in [2.75, 3.05) is 19.6 Å². The van der Waals surface area contributed by atoms with Crippen molar-refractivity contribution >= 4 is 40.3 Å². The fourth-order valence-electron chi connectivity index (χ4n) is 3.36. The molecule has 0 N–H and O–H groups in total. The SMILES string of the molecule is O=C(OC1CCN(CC(F)(F)F)C1)c1ccc2nc(-c3cc(Cl)cc(Cl)c3)oc2c1. The lowest BCUT2D eigenvalue weighted by atomic mass is 10.2. The fraction of sp³-hybridized carbons (Fsp3) is 0.300. The van der Waals surface area contributed by atoms with Gasteiger partial charge in [-0.25, -0.2) is 9.78 Å². The van der Waals surface area contributed by atoms with Gasteiger partial charge in [0, 0.05) is 28.7 Å². The first-order valence-corrected chi connectivity index (χ1v) is 9.79. The molecule has 1 atom stereocenters. The molecule has 10 heteroatoms. The Kier molecular flexibility index (Phi) is 5.65. The van der Waals surface area contributed by atoms with Crippen LogP contribution >= 0.6 is 23.2 Å². The topological polar surface area (TPSA) is 55.6 Å². The summed E-state index contributed by atoms with van der Waals surface area (Å²) in [6, 6.07) is 9.52. The molecule has 1 aliphatic heterocycles. The second-order valence-electron chi connectivity index (χ2n) is 7.03. The molecule has 2 aromatic carbocycles. The third-order valence-corrected chi connectivity index (χ3v) is 5.08. The second-order valence-corrected chi connectivity index (χ2v) is 7.90. The number of esters is 1. The quantitative estimate of drug-likeness (QED) is 0.476. The lowest BCUT2D eigenvalue weighted by Crippen LogP contribution is -2.33. The van der Waals surface area contributed by atoms with Gasteiger partial charge < -0.3 is 9.15 Å². The number of aromatic nitrogens is 1. The van der Waals surface area contributed by atoms with Crippen LogP contribution in [-0.2, 0) is 4.74 Å². The molecule has 2 heterocycles. The Bertz CT molecular complexity index is 1080. The van der Waals surface area contributed by atoms with Gasteiger partial charge in [0.25, 0.3) is 0 Å². The summed E-state index contributed by atoms with van der Waals surface area (Å²) in [5, 5.41) is 0.861. The summed E-state index contributed by atoms with van der Waals surface area (Å²) in [5.41, 5.74) is 1.70. The molecular weight excluding hydrogens is 444 g/mol. The van der Waals surface area contributed by atoms with Gasteiger partial charge in [0.05, 0.1) is 12.1 Å². The minimum absolute atomic E-state index is 0.0511. The third-order valence-electron chi connectivity index (χ3n) is 4.64. The van der Waals surface area contributed by atoms with E-state index in [1.165, 1.54) is 17.0 Å². The maximum atomic E-state index is 12.5. The molecule has 0 aliphatic carbocycles. The molecule has 1 aliphatic rings. The lowest BCUT2D eigenvalue weighted by molar-refractivity contribution is -0.144. The molecule has 4 rings (SSSR count). The molecular formula is C20H15Cl2F3N2O3. The maximum absolute atomic E-state index is 12.5. The van der Waals surface area contributed by atoms with E-state index < -0.39 is 24.8 Å². The van der Waals surface area contributed by atoms with Gasteiger partial charge in [0.15, 0.2) is 5.58 Å². The van der Waals surface area contributed by atoms with Crippen LogP contribution in [0.3, 0.4) is 0 Å². The zero-order valence-electron chi connectivity index (χ0n) is 15.4. The molecule has 0 amide bonds. The summed E-state index contributed by atoms with van der Waals surface area (Å²) in [5.74, 6) is -0.335. The smallest absolute Gasteiger partial charge is 0.401 e. The monoisotopic (exact) mass is 458 g/mol. The van der Waals surface area contributed by atoms with Gasteiger partial charge in [-0.15, -0.1) is 0 Å². The molecule has 1 unspecified atom stereocenters. The highest BCUT2D eigenvalue weighted by molar-refractivity contribution is 6.35. The highest BCUT2D eigenvalue weighted by atomic mass is 35.5. The Morgan fingerprint density at radius 1 is 1.20 bits per heavy atom. The Morgan fingerprint density at radius 2 is 1.93 bits per heavy atom. The molecule has 158 valence electrons. The van der Waals surface area contributed by atoms with Crippen molar-refractivity contribution in [3.63, 3.8) is 0 Å². The Hall–Kier alpha value is -2.29. The predicted molar refractivity (Wildman–Crippen MR) is 106 cm³/mol. The van der Waals surface area contributed by atoms with Crippen LogP contribution in [0.5, 0.6) is 0 Å². The first kappa shape index (κ1) is 21.0. The van der Waals surface area contributed by atoms with Crippen molar-refractivity contribution < 1.29 is 27.1 Å². The Balaban J connectivity index is 1.48. The van der Waals surface area contributed by atoms with Crippen LogP contribution in [0.15, 0.2) is 40.8 Å². The molecule has 0 radical (unpaired) electrons. The number of hydrogen-bond donors (Lipinski definition) is 0. The number of carbonyl (C=O) groups excluding carboxylic acids is 1. The van der Waals surface area contributed by atoms with Gasteiger partial charge in [-0.1, -0.05) is 23.2 Å². The standard InChI is InChI=1S/C20H15Cl2F3N2O3/c21-13-5-12(6-14(22)8-13)18-26-16-2-1-11(7-17(16)30-18)19(28)29-15-3-4-27(9-15)10-20(23,24)25/h1-2,5-8,15H,3-4,9-10H2. The number of ether oxygens (including phenoxy) is 1. The number of likely N-dealkylation sites (tertiary alicyclic amines) is 1. The van der Waals surface area contributed by atoms with Crippen molar-refractivity contribution in [1.82, 2.24) is 9.88 Å². The number of oxazole rings is 1. The van der Waals surface area contributed by atoms with E-state index in [0.717, 1.165) is 0 Å². The number of alkyl halides is 3. The van der Waals surface area contributed by atoms with Gasteiger partial charge in [-0.3, -0.25) is 4.90 Å². The van der Waals surface area contributed by atoms with E-state index >= 15 is 0 Å². The molecule has 0 bridgehead atoms. The number of nitrogens with zero attached hydrogens (tertiary/aromatic N) is 2. The van der Waals surface area contributed by atoms with Crippen LogP contribution in [0.1, 0.15) is 16.8 Å². The van der Waals surface area contributed by atoms with Crippen molar-refractivity contribution in [3.05, 3.63) is 52.0 Å². The van der Waals surface area contributed by atoms with Crippen molar-refractivity contribution in [1.29, 1.82) is 0 Å². The fourth-order valence-corrected chi connectivity index (χ4v) is 3.89. The van der Waals surface area contributed by atoms with Crippen molar-refractivity contribution in [3.8, 4) is 11.5 Å². The van der Waals surface area contributed by atoms with Gasteiger partial charge >= 0.3 is 12.1 Å². The maximum Gasteiger partial charge on any atom is 0.401 e. The van der Waals surface area contributed by atoms with E-state index in [1.54, 1.807) is 24.3 Å².